The first kappa shape index (κ1) is 21.9. The molecular weight excluding hydrogens is 442 g/mol. The van der Waals surface area contributed by atoms with Crippen LogP contribution in [-0.2, 0) is 21.0 Å². The topological polar surface area (TPSA) is 65.5 Å². The van der Waals surface area contributed by atoms with Gasteiger partial charge in [-0.3, -0.25) is 4.98 Å². The van der Waals surface area contributed by atoms with E-state index in [0.29, 0.717) is 11.5 Å². The highest BCUT2D eigenvalue weighted by molar-refractivity contribution is 7.90. The van der Waals surface area contributed by atoms with Crippen molar-refractivity contribution in [2.45, 2.75) is 11.3 Å². The number of hydrogen-bond acceptors (Lipinski definition) is 6. The van der Waals surface area contributed by atoms with Gasteiger partial charge in [0.05, 0.1) is 16.0 Å². The molecule has 3 aromatic rings. The third-order valence-corrected chi connectivity index (χ3v) is 6.34. The molecule has 32 heavy (non-hydrogen) atoms. The summed E-state index contributed by atoms with van der Waals surface area (Å²) < 4.78 is 34.4. The van der Waals surface area contributed by atoms with Gasteiger partial charge in [-0.15, -0.1) is 0 Å². The summed E-state index contributed by atoms with van der Waals surface area (Å²) in [5.74, 6) is 1.55. The van der Waals surface area contributed by atoms with Gasteiger partial charge in [-0.1, -0.05) is 36.5 Å². The minimum atomic E-state index is -3.23. The maximum atomic E-state index is 11.7. The Labute approximate surface area is 193 Å². The number of allylic oxidation sites excluding steroid dienone is 1. The van der Waals surface area contributed by atoms with E-state index >= 15 is 0 Å². The average molecular weight is 464 g/mol. The quantitative estimate of drug-likeness (QED) is 0.516. The van der Waals surface area contributed by atoms with E-state index in [1.165, 1.54) is 6.26 Å². The van der Waals surface area contributed by atoms with Crippen LogP contribution in [0.5, 0.6) is 5.75 Å². The van der Waals surface area contributed by atoms with Crippen molar-refractivity contribution in [3.63, 3.8) is 0 Å². The molecule has 3 heterocycles. The first-order valence-corrected chi connectivity index (χ1v) is 12.2. The molecular formula is C25H21NO4S2. The molecule has 0 spiro atoms. The molecule has 0 fully saturated rings. The van der Waals surface area contributed by atoms with E-state index in [1.54, 1.807) is 42.8 Å². The summed E-state index contributed by atoms with van der Waals surface area (Å²) in [6.45, 7) is 0.606. The van der Waals surface area contributed by atoms with E-state index in [4.69, 9.17) is 21.7 Å². The smallest absolute Gasteiger partial charge is 0.175 e. The average Bonchev–Trinajstić information content (AvgIpc) is 3.29. The summed E-state index contributed by atoms with van der Waals surface area (Å²) in [5.41, 5.74) is 3.97. The summed E-state index contributed by atoms with van der Waals surface area (Å²) in [6.07, 6.45) is 8.89. The lowest BCUT2D eigenvalue weighted by atomic mass is 9.93. The van der Waals surface area contributed by atoms with Crippen LogP contribution in [0.2, 0.25) is 0 Å². The number of hydrogen-bond donors (Lipinski definition) is 0. The second-order valence-corrected chi connectivity index (χ2v) is 9.85. The first-order valence-electron chi connectivity index (χ1n) is 9.92. The van der Waals surface area contributed by atoms with Gasteiger partial charge in [0, 0.05) is 41.8 Å². The molecule has 162 valence electrons. The molecule has 2 aliphatic heterocycles. The molecule has 0 atom stereocenters. The van der Waals surface area contributed by atoms with Crippen molar-refractivity contribution in [2.75, 3.05) is 12.9 Å². The van der Waals surface area contributed by atoms with Gasteiger partial charge < -0.3 is 9.47 Å². The Balaban J connectivity index is 0.000000354. The minimum Gasteiger partial charge on any atom is -0.496 e. The van der Waals surface area contributed by atoms with Gasteiger partial charge in [0.1, 0.15) is 18.1 Å². The molecule has 0 unspecified atom stereocenters. The predicted molar refractivity (Wildman–Crippen MR) is 129 cm³/mol. The zero-order valence-corrected chi connectivity index (χ0v) is 19.0. The predicted octanol–water partition coefficient (Wildman–Crippen LogP) is 4.89. The van der Waals surface area contributed by atoms with Crippen LogP contribution in [0, 0.1) is 0 Å². The third-order valence-electron chi connectivity index (χ3n) is 4.96. The zero-order valence-electron chi connectivity index (χ0n) is 17.4. The van der Waals surface area contributed by atoms with Crippen LogP contribution in [0.25, 0.3) is 11.3 Å². The lowest BCUT2D eigenvalue weighted by molar-refractivity contribution is 0.317. The van der Waals surface area contributed by atoms with Crippen molar-refractivity contribution in [3.05, 3.63) is 102 Å². The molecule has 5 rings (SSSR count). The van der Waals surface area contributed by atoms with Crippen molar-refractivity contribution in [2.24, 2.45) is 0 Å². The lowest BCUT2D eigenvalue weighted by Gasteiger charge is -2.24. The van der Waals surface area contributed by atoms with Crippen molar-refractivity contribution in [1.29, 1.82) is 0 Å². The van der Waals surface area contributed by atoms with Crippen LogP contribution in [0.3, 0.4) is 0 Å². The minimum absolute atomic E-state index is 0.293. The number of pyridine rings is 1. The summed E-state index contributed by atoms with van der Waals surface area (Å²) in [7, 11) is -3.23. The SMILES string of the molecule is CS(=O)(=O)c1ccc(C2=C(c3cccnc3)Cc3ccccc3O2)cc1.S=C1C=COC1. The normalized spacial score (nSPS) is 14.7. The second-order valence-electron chi connectivity index (χ2n) is 7.31. The Kier molecular flexibility index (Phi) is 6.48. The number of fused-ring (bicyclic) bond motifs is 1. The van der Waals surface area contributed by atoms with Crippen LogP contribution < -0.4 is 4.74 Å². The molecule has 0 bridgehead atoms. The number of thiocarbonyl (C=S) groups is 1. The van der Waals surface area contributed by atoms with Crippen LogP contribution in [0.15, 0.2) is 90.3 Å². The highest BCUT2D eigenvalue weighted by Gasteiger charge is 2.22. The fourth-order valence-electron chi connectivity index (χ4n) is 3.36. The number of ether oxygens (including phenoxy) is 2. The molecule has 0 N–H and O–H groups in total. The Morgan fingerprint density at radius 3 is 2.34 bits per heavy atom. The lowest BCUT2D eigenvalue weighted by Crippen LogP contribution is -2.09. The first-order chi connectivity index (χ1) is 15.4. The van der Waals surface area contributed by atoms with Crippen LogP contribution >= 0.6 is 12.2 Å². The van der Waals surface area contributed by atoms with Gasteiger partial charge in [-0.25, -0.2) is 8.42 Å². The zero-order chi connectivity index (χ0) is 22.6. The Morgan fingerprint density at radius 2 is 1.75 bits per heavy atom. The van der Waals surface area contributed by atoms with E-state index in [9.17, 15) is 8.42 Å². The Hall–Kier alpha value is -3.29. The van der Waals surface area contributed by atoms with Crippen LogP contribution in [0.4, 0.5) is 0 Å². The number of nitrogens with zero attached hydrogens (tertiary/aromatic N) is 1. The van der Waals surface area contributed by atoms with E-state index < -0.39 is 9.84 Å². The van der Waals surface area contributed by atoms with E-state index in [0.717, 1.165) is 45.1 Å². The maximum Gasteiger partial charge on any atom is 0.175 e. The van der Waals surface area contributed by atoms with Gasteiger partial charge in [0.2, 0.25) is 0 Å². The van der Waals surface area contributed by atoms with E-state index in [2.05, 4.69) is 11.1 Å². The second kappa shape index (κ2) is 9.46. The molecule has 2 aromatic carbocycles. The van der Waals surface area contributed by atoms with Crippen molar-refractivity contribution in [3.8, 4) is 5.75 Å². The highest BCUT2D eigenvalue weighted by Crippen LogP contribution is 2.38. The summed E-state index contributed by atoms with van der Waals surface area (Å²) in [4.78, 5) is 5.40. The number of para-hydroxylation sites is 1. The summed E-state index contributed by atoms with van der Waals surface area (Å²) in [5, 5.41) is 0. The standard InChI is InChI=1S/C21H17NO3S.C4H4OS/c1-26(23,24)18-10-8-15(9-11-18)21-19(17-6-4-12-22-14-17)13-16-5-2-3-7-20(16)25-21;6-4-1-2-5-3-4/h2-12,14H,13H2,1H3;1-2H,3H2. The van der Waals surface area contributed by atoms with Gasteiger partial charge in [0.25, 0.3) is 0 Å². The Morgan fingerprint density at radius 1 is 0.969 bits per heavy atom. The van der Waals surface area contributed by atoms with Crippen molar-refractivity contribution < 1.29 is 17.9 Å². The third kappa shape index (κ3) is 5.12. The molecule has 0 amide bonds. The molecule has 1 aromatic heterocycles. The Bertz CT molecular complexity index is 1300. The van der Waals surface area contributed by atoms with Gasteiger partial charge in [-0.2, -0.15) is 0 Å². The maximum absolute atomic E-state index is 11.7. The molecule has 0 radical (unpaired) electrons. The fraction of sp³-hybridized carbons (Fsp3) is 0.120. The molecule has 5 nitrogen and oxygen atoms in total. The molecule has 0 aliphatic carbocycles. The van der Waals surface area contributed by atoms with E-state index in [1.807, 2.05) is 36.5 Å². The van der Waals surface area contributed by atoms with Crippen molar-refractivity contribution >= 4 is 38.3 Å². The summed E-state index contributed by atoms with van der Waals surface area (Å²) in [6, 6.07) is 18.6. The fourth-order valence-corrected chi connectivity index (χ4v) is 4.11. The van der Waals surface area contributed by atoms with Crippen LogP contribution in [0.1, 0.15) is 16.7 Å². The molecule has 2 aliphatic rings. The molecule has 0 saturated carbocycles. The number of rotatable bonds is 3. The number of sulfone groups is 1. The van der Waals surface area contributed by atoms with Crippen molar-refractivity contribution in [1.82, 2.24) is 4.98 Å². The monoisotopic (exact) mass is 463 g/mol. The van der Waals surface area contributed by atoms with Gasteiger partial charge in [-0.05, 0) is 48.0 Å². The highest BCUT2D eigenvalue weighted by atomic mass is 32.2. The van der Waals surface area contributed by atoms with Gasteiger partial charge in [0.15, 0.2) is 9.84 Å². The molecule has 7 heteroatoms. The number of aromatic nitrogens is 1. The number of benzene rings is 2. The van der Waals surface area contributed by atoms with E-state index in [-0.39, 0.29) is 0 Å². The molecule has 0 saturated heterocycles. The van der Waals surface area contributed by atoms with Gasteiger partial charge >= 0.3 is 0 Å². The van der Waals surface area contributed by atoms with Crippen LogP contribution in [-0.4, -0.2) is 31.1 Å². The summed E-state index contributed by atoms with van der Waals surface area (Å²) >= 11 is 4.71. The largest absolute Gasteiger partial charge is 0.496 e.